The fourth-order valence-electron chi connectivity index (χ4n) is 2.06. The third kappa shape index (κ3) is 3.79. The Morgan fingerprint density at radius 2 is 1.73 bits per heavy atom. The van der Waals surface area contributed by atoms with E-state index < -0.39 is 0 Å². The highest BCUT2D eigenvalue weighted by Gasteiger charge is 2.03. The third-order valence-electron chi connectivity index (χ3n) is 3.10. The molecule has 0 atom stereocenters. The molecule has 0 fully saturated rings. The molecule has 0 amide bonds. The second kappa shape index (κ2) is 6.67. The van der Waals surface area contributed by atoms with Crippen molar-refractivity contribution >= 4 is 17.5 Å². The minimum Gasteiger partial charge on any atom is -0.350 e. The van der Waals surface area contributed by atoms with Gasteiger partial charge in [0.05, 0.1) is 0 Å². The molecule has 3 aromatic rings. The van der Waals surface area contributed by atoms with E-state index in [0.29, 0.717) is 12.5 Å². The van der Waals surface area contributed by atoms with Gasteiger partial charge in [0.25, 0.3) is 0 Å². The van der Waals surface area contributed by atoms with E-state index in [1.54, 1.807) is 12.4 Å². The number of nitrogens with one attached hydrogen (secondary N) is 2. The van der Waals surface area contributed by atoms with Gasteiger partial charge in [0, 0.05) is 36.4 Å². The largest absolute Gasteiger partial charge is 0.350 e. The lowest BCUT2D eigenvalue weighted by Gasteiger charge is -2.10. The zero-order chi connectivity index (χ0) is 15.2. The Morgan fingerprint density at radius 1 is 0.955 bits per heavy atom. The summed E-state index contributed by atoms with van der Waals surface area (Å²) in [6, 6.07) is 15.8. The second-order valence-electron chi connectivity index (χ2n) is 4.92. The van der Waals surface area contributed by atoms with E-state index in [9.17, 15) is 0 Å². The quantitative estimate of drug-likeness (QED) is 0.753. The number of nitrogens with zero attached hydrogens (tertiary/aromatic N) is 3. The van der Waals surface area contributed by atoms with Gasteiger partial charge >= 0.3 is 0 Å². The first kappa shape index (κ1) is 14.0. The van der Waals surface area contributed by atoms with Gasteiger partial charge in [-0.3, -0.25) is 4.98 Å². The lowest BCUT2D eigenvalue weighted by molar-refractivity contribution is 1.03. The Hall–Kier alpha value is -2.95. The summed E-state index contributed by atoms with van der Waals surface area (Å²) in [5, 5.41) is 6.52. The molecule has 0 spiro atoms. The molecule has 110 valence electrons. The van der Waals surface area contributed by atoms with E-state index in [4.69, 9.17) is 0 Å². The predicted molar refractivity (Wildman–Crippen MR) is 88.1 cm³/mol. The van der Waals surface area contributed by atoms with Gasteiger partial charge in [-0.05, 0) is 36.8 Å². The van der Waals surface area contributed by atoms with E-state index in [1.807, 2.05) is 55.5 Å². The summed E-state index contributed by atoms with van der Waals surface area (Å²) < 4.78 is 0. The lowest BCUT2D eigenvalue weighted by atomic mass is 10.3. The molecule has 5 nitrogen and oxygen atoms in total. The van der Waals surface area contributed by atoms with Crippen molar-refractivity contribution in [1.29, 1.82) is 0 Å². The summed E-state index contributed by atoms with van der Waals surface area (Å²) in [4.78, 5) is 12.9. The van der Waals surface area contributed by atoms with Crippen LogP contribution in [-0.2, 0) is 6.54 Å². The smallest absolute Gasteiger partial charge is 0.225 e. The molecular formula is C17H17N5. The minimum absolute atomic E-state index is 0.607. The molecule has 0 saturated carbocycles. The molecule has 0 bridgehead atoms. The van der Waals surface area contributed by atoms with Gasteiger partial charge in [-0.15, -0.1) is 0 Å². The summed E-state index contributed by atoms with van der Waals surface area (Å²) in [5.74, 6) is 1.38. The van der Waals surface area contributed by atoms with Gasteiger partial charge in [0.1, 0.15) is 5.82 Å². The minimum atomic E-state index is 0.607. The second-order valence-corrected chi connectivity index (χ2v) is 4.92. The predicted octanol–water partition coefficient (Wildman–Crippen LogP) is 3.54. The SMILES string of the molecule is Cc1cc(Nc2ccccc2)nc(NCc2ccncc2)n1. The van der Waals surface area contributed by atoms with Crippen LogP contribution in [0, 0.1) is 6.92 Å². The van der Waals surface area contributed by atoms with E-state index in [-0.39, 0.29) is 0 Å². The van der Waals surface area contributed by atoms with Gasteiger partial charge in [0.15, 0.2) is 0 Å². The Morgan fingerprint density at radius 3 is 2.50 bits per heavy atom. The van der Waals surface area contributed by atoms with Crippen molar-refractivity contribution in [3.05, 3.63) is 72.2 Å². The Balaban J connectivity index is 1.72. The molecule has 0 aliphatic carbocycles. The highest BCUT2D eigenvalue weighted by Crippen LogP contribution is 2.16. The van der Waals surface area contributed by atoms with E-state index in [2.05, 4.69) is 25.6 Å². The molecule has 2 heterocycles. The molecule has 0 radical (unpaired) electrons. The monoisotopic (exact) mass is 291 g/mol. The van der Waals surface area contributed by atoms with Crippen LogP contribution in [0.3, 0.4) is 0 Å². The van der Waals surface area contributed by atoms with E-state index >= 15 is 0 Å². The molecule has 1 aromatic carbocycles. The number of rotatable bonds is 5. The molecular weight excluding hydrogens is 274 g/mol. The maximum Gasteiger partial charge on any atom is 0.225 e. The number of hydrogen-bond acceptors (Lipinski definition) is 5. The highest BCUT2D eigenvalue weighted by molar-refractivity contribution is 5.57. The number of para-hydroxylation sites is 1. The Labute approximate surface area is 129 Å². The van der Waals surface area contributed by atoms with Crippen LogP contribution >= 0.6 is 0 Å². The fourth-order valence-corrected chi connectivity index (χ4v) is 2.06. The first-order valence-electron chi connectivity index (χ1n) is 7.10. The number of benzene rings is 1. The lowest BCUT2D eigenvalue weighted by Crippen LogP contribution is -2.06. The van der Waals surface area contributed by atoms with Crippen LogP contribution in [0.15, 0.2) is 60.9 Å². The van der Waals surface area contributed by atoms with Crippen molar-refractivity contribution in [2.24, 2.45) is 0 Å². The van der Waals surface area contributed by atoms with Crippen molar-refractivity contribution in [2.75, 3.05) is 10.6 Å². The number of pyridine rings is 1. The first-order chi connectivity index (χ1) is 10.8. The fraction of sp³-hybridized carbons (Fsp3) is 0.118. The van der Waals surface area contributed by atoms with Crippen molar-refractivity contribution in [2.45, 2.75) is 13.5 Å². The molecule has 0 aliphatic rings. The molecule has 0 unspecified atom stereocenters. The maximum atomic E-state index is 4.49. The molecule has 0 saturated heterocycles. The van der Waals surface area contributed by atoms with Crippen molar-refractivity contribution in [1.82, 2.24) is 15.0 Å². The standard InChI is InChI=1S/C17H17N5/c1-13-11-16(21-15-5-3-2-4-6-15)22-17(20-13)19-12-14-7-9-18-10-8-14/h2-11H,12H2,1H3,(H2,19,20,21,22). The van der Waals surface area contributed by atoms with Crippen molar-refractivity contribution in [3.8, 4) is 0 Å². The molecule has 2 aromatic heterocycles. The van der Waals surface area contributed by atoms with Gasteiger partial charge in [-0.25, -0.2) is 4.98 Å². The van der Waals surface area contributed by atoms with Crippen molar-refractivity contribution in [3.63, 3.8) is 0 Å². The molecule has 3 rings (SSSR count). The topological polar surface area (TPSA) is 62.7 Å². The normalized spacial score (nSPS) is 10.2. The average Bonchev–Trinajstić information content (AvgIpc) is 2.54. The molecule has 22 heavy (non-hydrogen) atoms. The number of aromatic nitrogens is 3. The van der Waals surface area contributed by atoms with Gasteiger partial charge < -0.3 is 10.6 Å². The zero-order valence-corrected chi connectivity index (χ0v) is 12.3. The van der Waals surface area contributed by atoms with E-state index in [1.165, 1.54) is 0 Å². The van der Waals surface area contributed by atoms with Crippen LogP contribution in [0.25, 0.3) is 0 Å². The average molecular weight is 291 g/mol. The van der Waals surface area contributed by atoms with Gasteiger partial charge in [0.2, 0.25) is 5.95 Å². The van der Waals surface area contributed by atoms with Crippen LogP contribution in [-0.4, -0.2) is 15.0 Å². The van der Waals surface area contributed by atoms with Gasteiger partial charge in [-0.1, -0.05) is 18.2 Å². The Kier molecular flexibility index (Phi) is 4.25. The molecule has 2 N–H and O–H groups in total. The number of aryl methyl sites for hydroxylation is 1. The summed E-state index contributed by atoms with van der Waals surface area (Å²) in [6.07, 6.45) is 3.55. The number of hydrogen-bond donors (Lipinski definition) is 2. The maximum absolute atomic E-state index is 4.49. The molecule has 0 aliphatic heterocycles. The number of anilines is 3. The summed E-state index contributed by atoms with van der Waals surface area (Å²) in [7, 11) is 0. The van der Waals surface area contributed by atoms with E-state index in [0.717, 1.165) is 22.8 Å². The van der Waals surface area contributed by atoms with Crippen molar-refractivity contribution < 1.29 is 0 Å². The Bertz CT molecular complexity index is 729. The van der Waals surface area contributed by atoms with Crippen LogP contribution < -0.4 is 10.6 Å². The van der Waals surface area contributed by atoms with Gasteiger partial charge in [-0.2, -0.15) is 4.98 Å². The molecule has 5 heteroatoms. The first-order valence-corrected chi connectivity index (χ1v) is 7.10. The zero-order valence-electron chi connectivity index (χ0n) is 12.3. The third-order valence-corrected chi connectivity index (χ3v) is 3.10. The summed E-state index contributed by atoms with van der Waals surface area (Å²) in [6.45, 7) is 2.62. The summed E-state index contributed by atoms with van der Waals surface area (Å²) >= 11 is 0. The van der Waals surface area contributed by atoms with Crippen LogP contribution in [0.4, 0.5) is 17.5 Å². The van der Waals surface area contributed by atoms with Crippen LogP contribution in [0.5, 0.6) is 0 Å². The van der Waals surface area contributed by atoms with Crippen LogP contribution in [0.1, 0.15) is 11.3 Å². The van der Waals surface area contributed by atoms with Crippen LogP contribution in [0.2, 0.25) is 0 Å². The summed E-state index contributed by atoms with van der Waals surface area (Å²) in [5.41, 5.74) is 3.05. The highest BCUT2D eigenvalue weighted by atomic mass is 15.1.